The summed E-state index contributed by atoms with van der Waals surface area (Å²) in [4.78, 5) is 0. The molecule has 0 bridgehead atoms. The molecule has 0 unspecified atom stereocenters. The topological polar surface area (TPSA) is 9.23 Å². The van der Waals surface area contributed by atoms with E-state index >= 15 is 0 Å². The summed E-state index contributed by atoms with van der Waals surface area (Å²) in [5.74, 6) is 0.177. The number of benzene rings is 2. The van der Waals surface area contributed by atoms with E-state index in [1.807, 2.05) is 31.2 Å². The van der Waals surface area contributed by atoms with Crippen LogP contribution < -0.4 is 4.74 Å². The molecule has 0 saturated carbocycles. The Labute approximate surface area is 98.7 Å². The molecule has 0 aliphatic heterocycles. The van der Waals surface area contributed by atoms with Crippen molar-refractivity contribution < 1.29 is 13.5 Å². The number of alkyl halides is 2. The summed E-state index contributed by atoms with van der Waals surface area (Å²) in [6.45, 7) is -0.766. The maximum absolute atomic E-state index is 12.0. The predicted octanol–water partition coefficient (Wildman–Crippen LogP) is 4.26. The van der Waals surface area contributed by atoms with Crippen molar-refractivity contribution in [2.24, 2.45) is 0 Å². The summed E-state index contributed by atoms with van der Waals surface area (Å²) in [7, 11) is 0. The maximum Gasteiger partial charge on any atom is 0.387 e. The number of ether oxygens (including phenoxy) is 1. The lowest BCUT2D eigenvalue weighted by molar-refractivity contribution is -0.0498. The first-order valence-electron chi connectivity index (χ1n) is 5.27. The zero-order valence-corrected chi connectivity index (χ0v) is 9.36. The Morgan fingerprint density at radius 1 is 0.941 bits per heavy atom. The molecule has 0 aliphatic carbocycles. The summed E-state index contributed by atoms with van der Waals surface area (Å²) in [6.07, 6.45) is 0. The molecule has 0 N–H and O–H groups in total. The molecule has 88 valence electrons. The van der Waals surface area contributed by atoms with Crippen LogP contribution in [0.3, 0.4) is 0 Å². The average molecular weight is 234 g/mol. The van der Waals surface area contributed by atoms with Gasteiger partial charge in [0.05, 0.1) is 0 Å². The van der Waals surface area contributed by atoms with E-state index in [9.17, 15) is 8.78 Å². The van der Waals surface area contributed by atoms with E-state index in [-0.39, 0.29) is 5.75 Å². The molecular formula is C14H12F2O. The summed E-state index contributed by atoms with van der Waals surface area (Å²) in [5.41, 5.74) is 3.21. The van der Waals surface area contributed by atoms with Gasteiger partial charge in [-0.25, -0.2) is 0 Å². The third-order valence-electron chi connectivity index (χ3n) is 2.43. The highest BCUT2D eigenvalue weighted by Crippen LogP contribution is 2.23. The highest BCUT2D eigenvalue weighted by Gasteiger charge is 2.04. The number of hydrogen-bond acceptors (Lipinski definition) is 1. The molecule has 0 fully saturated rings. The molecule has 2 aromatic rings. The molecule has 2 rings (SSSR count). The molecular weight excluding hydrogens is 222 g/mol. The summed E-state index contributed by atoms with van der Waals surface area (Å²) in [6, 6.07) is 14.6. The van der Waals surface area contributed by atoms with Crippen LogP contribution in [0.4, 0.5) is 8.78 Å². The van der Waals surface area contributed by atoms with E-state index < -0.39 is 6.61 Å². The second-order valence-corrected chi connectivity index (χ2v) is 3.77. The zero-order chi connectivity index (χ0) is 12.3. The fraction of sp³-hybridized carbons (Fsp3) is 0.143. The minimum Gasteiger partial charge on any atom is -0.435 e. The van der Waals surface area contributed by atoms with Gasteiger partial charge in [-0.15, -0.1) is 0 Å². The smallest absolute Gasteiger partial charge is 0.387 e. The molecule has 2 aromatic carbocycles. The maximum atomic E-state index is 12.0. The Kier molecular flexibility index (Phi) is 3.38. The molecule has 0 radical (unpaired) electrons. The minimum absolute atomic E-state index is 0.177. The SMILES string of the molecule is Cc1cccc(-c2ccc(OC(F)F)cc2)c1. The van der Waals surface area contributed by atoms with Crippen LogP contribution in [-0.2, 0) is 0 Å². The number of aryl methyl sites for hydroxylation is 1. The molecule has 1 nitrogen and oxygen atoms in total. The van der Waals surface area contributed by atoms with Gasteiger partial charge in [0, 0.05) is 0 Å². The van der Waals surface area contributed by atoms with Crippen molar-refractivity contribution in [1.82, 2.24) is 0 Å². The van der Waals surface area contributed by atoms with Crippen molar-refractivity contribution in [3.8, 4) is 16.9 Å². The highest BCUT2D eigenvalue weighted by molar-refractivity contribution is 5.64. The molecule has 0 heterocycles. The van der Waals surface area contributed by atoms with E-state index in [4.69, 9.17) is 0 Å². The lowest BCUT2D eigenvalue weighted by Crippen LogP contribution is -2.01. The normalized spacial score (nSPS) is 10.6. The average Bonchev–Trinajstić information content (AvgIpc) is 2.29. The van der Waals surface area contributed by atoms with Crippen molar-refractivity contribution in [3.05, 3.63) is 54.1 Å². The summed E-state index contributed by atoms with van der Waals surface area (Å²) in [5, 5.41) is 0. The van der Waals surface area contributed by atoms with Gasteiger partial charge in [-0.05, 0) is 30.2 Å². The van der Waals surface area contributed by atoms with Gasteiger partial charge in [-0.2, -0.15) is 8.78 Å². The van der Waals surface area contributed by atoms with Crippen molar-refractivity contribution in [3.63, 3.8) is 0 Å². The van der Waals surface area contributed by atoms with Crippen LogP contribution in [0.5, 0.6) is 5.75 Å². The van der Waals surface area contributed by atoms with Gasteiger partial charge in [0.1, 0.15) is 5.75 Å². The van der Waals surface area contributed by atoms with Crippen LogP contribution in [0.2, 0.25) is 0 Å². The largest absolute Gasteiger partial charge is 0.435 e. The first kappa shape index (κ1) is 11.6. The third-order valence-corrected chi connectivity index (χ3v) is 2.43. The van der Waals surface area contributed by atoms with Gasteiger partial charge in [-0.3, -0.25) is 0 Å². The van der Waals surface area contributed by atoms with E-state index in [0.717, 1.165) is 16.7 Å². The molecule has 0 amide bonds. The minimum atomic E-state index is -2.78. The van der Waals surface area contributed by atoms with Gasteiger partial charge < -0.3 is 4.74 Å². The molecule has 0 aromatic heterocycles. The van der Waals surface area contributed by atoms with Crippen LogP contribution in [0.1, 0.15) is 5.56 Å². The van der Waals surface area contributed by atoms with Crippen LogP contribution >= 0.6 is 0 Å². The molecule has 0 aliphatic rings. The first-order chi connectivity index (χ1) is 8.15. The van der Waals surface area contributed by atoms with E-state index in [1.165, 1.54) is 0 Å². The number of hydrogen-bond donors (Lipinski definition) is 0. The zero-order valence-electron chi connectivity index (χ0n) is 9.36. The number of halogens is 2. The van der Waals surface area contributed by atoms with Gasteiger partial charge in [-0.1, -0.05) is 42.0 Å². The van der Waals surface area contributed by atoms with Crippen LogP contribution in [-0.4, -0.2) is 6.61 Å². The van der Waals surface area contributed by atoms with E-state index in [2.05, 4.69) is 4.74 Å². The Morgan fingerprint density at radius 3 is 2.24 bits per heavy atom. The summed E-state index contributed by atoms with van der Waals surface area (Å²) >= 11 is 0. The van der Waals surface area contributed by atoms with Crippen molar-refractivity contribution in [2.45, 2.75) is 13.5 Å². The Balaban J connectivity index is 2.23. The fourth-order valence-electron chi connectivity index (χ4n) is 1.65. The van der Waals surface area contributed by atoms with Gasteiger partial charge in [0.25, 0.3) is 0 Å². The van der Waals surface area contributed by atoms with Crippen LogP contribution in [0, 0.1) is 6.92 Å². The lowest BCUT2D eigenvalue weighted by Gasteiger charge is -2.06. The number of rotatable bonds is 3. The van der Waals surface area contributed by atoms with Crippen molar-refractivity contribution in [2.75, 3.05) is 0 Å². The lowest BCUT2D eigenvalue weighted by atomic mass is 10.0. The van der Waals surface area contributed by atoms with Gasteiger partial charge >= 0.3 is 6.61 Å². The third kappa shape index (κ3) is 3.03. The summed E-state index contributed by atoms with van der Waals surface area (Å²) < 4.78 is 28.2. The second-order valence-electron chi connectivity index (χ2n) is 3.77. The Hall–Kier alpha value is -1.90. The standard InChI is InChI=1S/C14H12F2O/c1-10-3-2-4-12(9-10)11-5-7-13(8-6-11)17-14(15)16/h2-9,14H,1H3. The molecule has 3 heteroatoms. The molecule has 17 heavy (non-hydrogen) atoms. The molecule has 0 atom stereocenters. The van der Waals surface area contributed by atoms with Gasteiger partial charge in [0.15, 0.2) is 0 Å². The quantitative estimate of drug-likeness (QED) is 0.770. The first-order valence-corrected chi connectivity index (χ1v) is 5.27. The predicted molar refractivity (Wildman–Crippen MR) is 63.2 cm³/mol. The second kappa shape index (κ2) is 4.95. The van der Waals surface area contributed by atoms with Crippen LogP contribution in [0.25, 0.3) is 11.1 Å². The molecule has 0 saturated heterocycles. The van der Waals surface area contributed by atoms with E-state index in [1.54, 1.807) is 24.3 Å². The highest BCUT2D eigenvalue weighted by atomic mass is 19.3. The van der Waals surface area contributed by atoms with Crippen molar-refractivity contribution >= 4 is 0 Å². The van der Waals surface area contributed by atoms with Crippen LogP contribution in [0.15, 0.2) is 48.5 Å². The van der Waals surface area contributed by atoms with Gasteiger partial charge in [0.2, 0.25) is 0 Å². The monoisotopic (exact) mass is 234 g/mol. The van der Waals surface area contributed by atoms with Crippen molar-refractivity contribution in [1.29, 1.82) is 0 Å². The Bertz CT molecular complexity index is 492. The molecule has 0 spiro atoms. The van der Waals surface area contributed by atoms with E-state index in [0.29, 0.717) is 0 Å². The fourth-order valence-corrected chi connectivity index (χ4v) is 1.65. The Morgan fingerprint density at radius 2 is 1.65 bits per heavy atom.